The molecule has 0 amide bonds. The zero-order valence-corrected chi connectivity index (χ0v) is 10.8. The number of nitrogens with zero attached hydrogens (tertiary/aromatic N) is 2. The number of aliphatic carboxylic acids is 1. The van der Waals surface area contributed by atoms with Crippen LogP contribution in [0.2, 0.25) is 5.15 Å². The lowest BCUT2D eigenvalue weighted by Gasteiger charge is -2.09. The van der Waals surface area contributed by atoms with Gasteiger partial charge < -0.3 is 10.4 Å². The molecule has 1 heterocycles. The third kappa shape index (κ3) is 3.93. The number of carbonyl (C=O) groups is 1. The van der Waals surface area contributed by atoms with Crippen molar-refractivity contribution in [3.05, 3.63) is 52.7 Å². The van der Waals surface area contributed by atoms with Gasteiger partial charge in [0.25, 0.3) is 0 Å². The summed E-state index contributed by atoms with van der Waals surface area (Å²) in [5.41, 5.74) is 1.70. The molecule has 0 aliphatic heterocycles. The van der Waals surface area contributed by atoms with E-state index in [0.717, 1.165) is 11.1 Å². The Balaban J connectivity index is 2.06. The molecule has 0 saturated heterocycles. The molecule has 0 aliphatic rings. The third-order valence-corrected chi connectivity index (χ3v) is 2.75. The average molecular weight is 278 g/mol. The molecule has 0 saturated carbocycles. The summed E-state index contributed by atoms with van der Waals surface area (Å²) in [6, 6.07) is 10.7. The van der Waals surface area contributed by atoms with E-state index in [1.54, 1.807) is 18.2 Å². The Kier molecular flexibility index (Phi) is 4.30. The van der Waals surface area contributed by atoms with Crippen LogP contribution in [0, 0.1) is 0 Å². The average Bonchev–Trinajstić information content (AvgIpc) is 2.39. The summed E-state index contributed by atoms with van der Waals surface area (Å²) in [5.74, 6) is -0.256. The van der Waals surface area contributed by atoms with Gasteiger partial charge in [0.15, 0.2) is 5.15 Å². The third-order valence-electron chi connectivity index (χ3n) is 2.55. The number of anilines is 1. The summed E-state index contributed by atoms with van der Waals surface area (Å²) in [6.45, 7) is 0.486. The van der Waals surface area contributed by atoms with Crippen molar-refractivity contribution >= 4 is 23.4 Å². The van der Waals surface area contributed by atoms with Crippen LogP contribution in [0.3, 0.4) is 0 Å². The van der Waals surface area contributed by atoms with Gasteiger partial charge in [-0.3, -0.25) is 4.79 Å². The molecule has 98 valence electrons. The molecule has 1 aromatic carbocycles. The van der Waals surface area contributed by atoms with E-state index in [0.29, 0.717) is 17.5 Å². The fraction of sp³-hybridized carbons (Fsp3) is 0.154. The Labute approximate surface area is 115 Å². The summed E-state index contributed by atoms with van der Waals surface area (Å²) >= 11 is 5.64. The molecule has 19 heavy (non-hydrogen) atoms. The lowest BCUT2D eigenvalue weighted by atomic mass is 10.0. The summed E-state index contributed by atoms with van der Waals surface area (Å²) in [4.78, 5) is 10.8. The molecular formula is C13H12ClN3O2. The summed E-state index contributed by atoms with van der Waals surface area (Å²) in [6.07, 6.45) is 0.00412. The molecule has 2 aromatic rings. The van der Waals surface area contributed by atoms with Gasteiger partial charge in [0, 0.05) is 6.54 Å². The monoisotopic (exact) mass is 277 g/mol. The molecule has 0 radical (unpaired) electrons. The standard InChI is InChI=1S/C13H12ClN3O2/c14-11-5-6-12(17-16-11)15-8-10-4-2-1-3-9(10)7-13(18)19/h1-6H,7-8H2,(H,15,17)(H,18,19). The maximum atomic E-state index is 10.8. The molecular weight excluding hydrogens is 266 g/mol. The second kappa shape index (κ2) is 6.15. The van der Waals surface area contributed by atoms with Crippen LogP contribution in [-0.2, 0) is 17.8 Å². The maximum Gasteiger partial charge on any atom is 0.307 e. The highest BCUT2D eigenvalue weighted by atomic mass is 35.5. The van der Waals surface area contributed by atoms with Crippen molar-refractivity contribution in [2.45, 2.75) is 13.0 Å². The summed E-state index contributed by atoms with van der Waals surface area (Å²) in [5, 5.41) is 19.9. The van der Waals surface area contributed by atoms with E-state index in [1.165, 1.54) is 0 Å². The van der Waals surface area contributed by atoms with E-state index in [-0.39, 0.29) is 6.42 Å². The van der Waals surface area contributed by atoms with Gasteiger partial charge in [0.1, 0.15) is 5.82 Å². The Hall–Kier alpha value is -2.14. The molecule has 2 N–H and O–H groups in total. The summed E-state index contributed by atoms with van der Waals surface area (Å²) in [7, 11) is 0. The highest BCUT2D eigenvalue weighted by molar-refractivity contribution is 6.29. The van der Waals surface area contributed by atoms with Gasteiger partial charge in [-0.25, -0.2) is 0 Å². The SMILES string of the molecule is O=C(O)Cc1ccccc1CNc1ccc(Cl)nn1. The fourth-order valence-electron chi connectivity index (χ4n) is 1.66. The smallest absolute Gasteiger partial charge is 0.307 e. The number of aromatic nitrogens is 2. The summed E-state index contributed by atoms with van der Waals surface area (Å²) < 4.78 is 0. The molecule has 0 fully saturated rings. The quantitative estimate of drug-likeness (QED) is 0.877. The molecule has 2 rings (SSSR count). The zero-order valence-electron chi connectivity index (χ0n) is 10.0. The molecule has 1 aromatic heterocycles. The maximum absolute atomic E-state index is 10.8. The number of hydrogen-bond donors (Lipinski definition) is 2. The topological polar surface area (TPSA) is 75.1 Å². The highest BCUT2D eigenvalue weighted by Gasteiger charge is 2.06. The first kappa shape index (κ1) is 13.3. The van der Waals surface area contributed by atoms with Crippen molar-refractivity contribution in [2.75, 3.05) is 5.32 Å². The van der Waals surface area contributed by atoms with Crippen molar-refractivity contribution in [3.8, 4) is 0 Å². The number of hydrogen-bond acceptors (Lipinski definition) is 4. The largest absolute Gasteiger partial charge is 0.481 e. The first-order chi connectivity index (χ1) is 9.15. The number of benzene rings is 1. The van der Waals surface area contributed by atoms with E-state index in [1.807, 2.05) is 18.2 Å². The number of halogens is 1. The van der Waals surface area contributed by atoms with Crippen LogP contribution in [-0.4, -0.2) is 21.3 Å². The molecule has 0 aliphatic carbocycles. The van der Waals surface area contributed by atoms with Crippen molar-refractivity contribution in [2.24, 2.45) is 0 Å². The van der Waals surface area contributed by atoms with Gasteiger partial charge in [-0.05, 0) is 23.3 Å². The van der Waals surface area contributed by atoms with E-state index >= 15 is 0 Å². The molecule has 0 unspecified atom stereocenters. The second-order valence-corrected chi connectivity index (χ2v) is 4.32. The van der Waals surface area contributed by atoms with Crippen LogP contribution >= 0.6 is 11.6 Å². The lowest BCUT2D eigenvalue weighted by Crippen LogP contribution is -2.08. The minimum absolute atomic E-state index is 0.00412. The normalized spacial score (nSPS) is 10.2. The van der Waals surface area contributed by atoms with Gasteiger partial charge >= 0.3 is 5.97 Å². The Morgan fingerprint density at radius 2 is 1.89 bits per heavy atom. The number of carboxylic acid groups (broad SMARTS) is 1. The van der Waals surface area contributed by atoms with Gasteiger partial charge in [0.05, 0.1) is 6.42 Å². The van der Waals surface area contributed by atoms with E-state index in [2.05, 4.69) is 15.5 Å². The van der Waals surface area contributed by atoms with Gasteiger partial charge in [0.2, 0.25) is 0 Å². The number of rotatable bonds is 5. The molecule has 6 heteroatoms. The molecule has 0 spiro atoms. The minimum Gasteiger partial charge on any atom is -0.481 e. The Morgan fingerprint density at radius 1 is 1.16 bits per heavy atom. The van der Waals surface area contributed by atoms with E-state index in [9.17, 15) is 4.79 Å². The molecule has 0 bridgehead atoms. The minimum atomic E-state index is -0.848. The predicted molar refractivity (Wildman–Crippen MR) is 72.2 cm³/mol. The van der Waals surface area contributed by atoms with Crippen molar-refractivity contribution in [1.82, 2.24) is 10.2 Å². The van der Waals surface area contributed by atoms with Crippen LogP contribution in [0.1, 0.15) is 11.1 Å². The Bertz CT molecular complexity index is 572. The second-order valence-electron chi connectivity index (χ2n) is 3.93. The van der Waals surface area contributed by atoms with E-state index < -0.39 is 5.97 Å². The van der Waals surface area contributed by atoms with Gasteiger partial charge in [-0.15, -0.1) is 10.2 Å². The lowest BCUT2D eigenvalue weighted by molar-refractivity contribution is -0.136. The van der Waals surface area contributed by atoms with E-state index in [4.69, 9.17) is 16.7 Å². The van der Waals surface area contributed by atoms with Gasteiger partial charge in [-0.2, -0.15) is 0 Å². The number of carboxylic acids is 1. The van der Waals surface area contributed by atoms with Crippen LogP contribution in [0.15, 0.2) is 36.4 Å². The number of nitrogens with one attached hydrogen (secondary N) is 1. The van der Waals surface area contributed by atoms with Gasteiger partial charge in [-0.1, -0.05) is 35.9 Å². The van der Waals surface area contributed by atoms with Crippen LogP contribution in [0.25, 0.3) is 0 Å². The Morgan fingerprint density at radius 3 is 2.53 bits per heavy atom. The van der Waals surface area contributed by atoms with Crippen LogP contribution in [0.4, 0.5) is 5.82 Å². The predicted octanol–water partition coefficient (Wildman–Crippen LogP) is 2.37. The first-order valence-electron chi connectivity index (χ1n) is 5.67. The fourth-order valence-corrected chi connectivity index (χ4v) is 1.76. The van der Waals surface area contributed by atoms with Crippen LogP contribution in [0.5, 0.6) is 0 Å². The van der Waals surface area contributed by atoms with Crippen molar-refractivity contribution < 1.29 is 9.90 Å². The first-order valence-corrected chi connectivity index (χ1v) is 6.04. The van der Waals surface area contributed by atoms with Crippen molar-refractivity contribution in [3.63, 3.8) is 0 Å². The molecule has 5 nitrogen and oxygen atoms in total. The highest BCUT2D eigenvalue weighted by Crippen LogP contribution is 2.12. The van der Waals surface area contributed by atoms with Crippen molar-refractivity contribution in [1.29, 1.82) is 0 Å². The molecule has 0 atom stereocenters. The zero-order chi connectivity index (χ0) is 13.7. The van der Waals surface area contributed by atoms with Crippen LogP contribution < -0.4 is 5.32 Å².